The average Bonchev–Trinajstić information content (AvgIpc) is 3.18. The number of sulfone groups is 1. The molecular weight excluding hydrogens is 330 g/mol. The fourth-order valence-corrected chi connectivity index (χ4v) is 4.50. The summed E-state index contributed by atoms with van der Waals surface area (Å²) in [7, 11) is -2.92. The minimum absolute atomic E-state index is 0.00397. The van der Waals surface area contributed by atoms with Crippen molar-refractivity contribution in [1.82, 2.24) is 15.8 Å². The summed E-state index contributed by atoms with van der Waals surface area (Å²) < 4.78 is 27.9. The Bertz CT molecular complexity index is 802. The lowest BCUT2D eigenvalue weighted by atomic mass is 10.1. The van der Waals surface area contributed by atoms with E-state index in [-0.39, 0.29) is 30.0 Å². The number of benzene rings is 1. The van der Waals surface area contributed by atoms with E-state index >= 15 is 0 Å². The molecule has 1 unspecified atom stereocenters. The molecule has 7 nitrogen and oxygen atoms in total. The molecule has 1 aromatic carbocycles. The molecule has 0 aliphatic carbocycles. The summed E-state index contributed by atoms with van der Waals surface area (Å²) in [4.78, 5) is 11.8. The molecule has 2 N–H and O–H groups in total. The second kappa shape index (κ2) is 7.04. The normalized spacial score (nSPS) is 19.1. The number of urea groups is 1. The third-order valence-electron chi connectivity index (χ3n) is 3.93. The van der Waals surface area contributed by atoms with Crippen LogP contribution in [0.4, 0.5) is 4.79 Å². The minimum atomic E-state index is -2.92. The minimum Gasteiger partial charge on any atom is -0.359 e. The Kier molecular flexibility index (Phi) is 4.84. The van der Waals surface area contributed by atoms with E-state index in [0.717, 1.165) is 5.56 Å². The van der Waals surface area contributed by atoms with Gasteiger partial charge < -0.3 is 15.2 Å². The molecule has 1 atom stereocenters. The van der Waals surface area contributed by atoms with Gasteiger partial charge in [-0.15, -0.1) is 0 Å². The smallest absolute Gasteiger partial charge is 0.315 e. The highest BCUT2D eigenvalue weighted by Gasteiger charge is 2.27. The number of carbonyl (C=O) groups is 1. The summed E-state index contributed by atoms with van der Waals surface area (Å²) in [5.74, 6) is 0.903. The van der Waals surface area contributed by atoms with E-state index in [1.165, 1.54) is 0 Å². The lowest BCUT2D eigenvalue weighted by Crippen LogP contribution is -2.38. The van der Waals surface area contributed by atoms with Crippen molar-refractivity contribution in [2.45, 2.75) is 13.0 Å². The van der Waals surface area contributed by atoms with Crippen LogP contribution in [0, 0.1) is 5.92 Å². The molecule has 1 aromatic heterocycles. The van der Waals surface area contributed by atoms with Gasteiger partial charge in [-0.3, -0.25) is 0 Å². The lowest BCUT2D eigenvalue weighted by Gasteiger charge is -2.09. The summed E-state index contributed by atoms with van der Waals surface area (Å²) in [6.45, 7) is 0.575. The molecular formula is C16H19N3O4S. The third kappa shape index (κ3) is 4.35. The highest BCUT2D eigenvalue weighted by molar-refractivity contribution is 7.91. The number of rotatable bonds is 5. The second-order valence-electron chi connectivity index (χ2n) is 5.88. The van der Waals surface area contributed by atoms with Crippen molar-refractivity contribution in [2.75, 3.05) is 18.1 Å². The van der Waals surface area contributed by atoms with E-state index in [2.05, 4.69) is 15.8 Å². The number of carbonyl (C=O) groups excluding carboxylic acids is 1. The highest BCUT2D eigenvalue weighted by Crippen LogP contribution is 2.18. The standard InChI is InChI=1S/C16H19N3O4S/c20-16(17-9-12-6-7-24(21,22)11-12)18-10-14-8-15(19-23-14)13-4-2-1-3-5-13/h1-5,8,12H,6-7,9-11H2,(H2,17,18,20). The Morgan fingerprint density at radius 3 is 2.75 bits per heavy atom. The molecule has 1 aliphatic heterocycles. The molecule has 128 valence electrons. The molecule has 0 spiro atoms. The van der Waals surface area contributed by atoms with Crippen molar-refractivity contribution in [3.8, 4) is 11.3 Å². The van der Waals surface area contributed by atoms with E-state index in [9.17, 15) is 13.2 Å². The number of aromatic nitrogens is 1. The molecule has 1 saturated heterocycles. The van der Waals surface area contributed by atoms with Gasteiger partial charge in [-0.25, -0.2) is 13.2 Å². The first-order valence-corrected chi connectivity index (χ1v) is 9.57. The van der Waals surface area contributed by atoms with Crippen LogP contribution in [0.25, 0.3) is 11.3 Å². The van der Waals surface area contributed by atoms with E-state index in [1.54, 1.807) is 6.07 Å². The van der Waals surface area contributed by atoms with Gasteiger partial charge in [0.1, 0.15) is 5.69 Å². The van der Waals surface area contributed by atoms with Crippen LogP contribution in [-0.2, 0) is 16.4 Å². The molecule has 0 saturated carbocycles. The Balaban J connectivity index is 1.44. The van der Waals surface area contributed by atoms with Crippen LogP contribution >= 0.6 is 0 Å². The van der Waals surface area contributed by atoms with Gasteiger partial charge in [0.25, 0.3) is 0 Å². The molecule has 1 fully saturated rings. The van der Waals surface area contributed by atoms with Gasteiger partial charge >= 0.3 is 6.03 Å². The van der Waals surface area contributed by atoms with Crippen molar-refractivity contribution in [2.24, 2.45) is 5.92 Å². The summed E-state index contributed by atoms with van der Waals surface area (Å²) >= 11 is 0. The SMILES string of the molecule is O=C(NCc1cc(-c2ccccc2)no1)NCC1CCS(=O)(=O)C1. The average molecular weight is 349 g/mol. The first kappa shape index (κ1) is 16.5. The molecule has 2 heterocycles. The number of hydrogen-bond donors (Lipinski definition) is 2. The first-order valence-electron chi connectivity index (χ1n) is 7.75. The predicted octanol–water partition coefficient (Wildman–Crippen LogP) is 1.58. The zero-order chi connectivity index (χ0) is 17.0. The Hall–Kier alpha value is -2.35. The summed E-state index contributed by atoms with van der Waals surface area (Å²) in [5, 5.41) is 9.35. The van der Waals surface area contributed by atoms with E-state index < -0.39 is 9.84 Å². The van der Waals surface area contributed by atoms with Gasteiger partial charge in [0.15, 0.2) is 15.6 Å². The Morgan fingerprint density at radius 2 is 2.04 bits per heavy atom. The van der Waals surface area contributed by atoms with Crippen molar-refractivity contribution >= 4 is 15.9 Å². The molecule has 8 heteroatoms. The Morgan fingerprint density at radius 1 is 1.25 bits per heavy atom. The molecule has 1 aliphatic rings. The van der Waals surface area contributed by atoms with Gasteiger partial charge in [0, 0.05) is 18.2 Å². The van der Waals surface area contributed by atoms with Crippen molar-refractivity contribution in [3.05, 3.63) is 42.2 Å². The highest BCUT2D eigenvalue weighted by atomic mass is 32.2. The summed E-state index contributed by atoms with van der Waals surface area (Å²) in [6.07, 6.45) is 0.602. The number of amides is 2. The zero-order valence-corrected chi connectivity index (χ0v) is 13.9. The molecule has 2 amide bonds. The third-order valence-corrected chi connectivity index (χ3v) is 5.77. The van der Waals surface area contributed by atoms with Gasteiger partial charge in [0.05, 0.1) is 18.1 Å². The fourth-order valence-electron chi connectivity index (χ4n) is 2.64. The molecule has 24 heavy (non-hydrogen) atoms. The van der Waals surface area contributed by atoms with Gasteiger partial charge in [-0.1, -0.05) is 35.5 Å². The number of nitrogens with one attached hydrogen (secondary N) is 2. The van der Waals surface area contributed by atoms with Crippen LogP contribution in [0.3, 0.4) is 0 Å². The van der Waals surface area contributed by atoms with Crippen LogP contribution in [-0.4, -0.2) is 37.7 Å². The van der Waals surface area contributed by atoms with E-state index in [4.69, 9.17) is 4.52 Å². The fraction of sp³-hybridized carbons (Fsp3) is 0.375. The van der Waals surface area contributed by atoms with Crippen LogP contribution in [0.5, 0.6) is 0 Å². The predicted molar refractivity (Wildman–Crippen MR) is 88.9 cm³/mol. The van der Waals surface area contributed by atoms with Crippen LogP contribution < -0.4 is 10.6 Å². The van der Waals surface area contributed by atoms with E-state index in [1.807, 2.05) is 30.3 Å². The zero-order valence-electron chi connectivity index (χ0n) is 13.1. The summed E-state index contributed by atoms with van der Waals surface area (Å²) in [5.41, 5.74) is 1.66. The monoisotopic (exact) mass is 349 g/mol. The molecule has 0 radical (unpaired) electrons. The Labute approximate surface area is 140 Å². The van der Waals surface area contributed by atoms with Gasteiger partial charge in [0.2, 0.25) is 0 Å². The van der Waals surface area contributed by atoms with Crippen molar-refractivity contribution in [1.29, 1.82) is 0 Å². The molecule has 3 rings (SSSR count). The van der Waals surface area contributed by atoms with Crippen LogP contribution in [0.15, 0.2) is 40.9 Å². The second-order valence-corrected chi connectivity index (χ2v) is 8.11. The molecule has 0 bridgehead atoms. The molecule has 2 aromatic rings. The maximum absolute atomic E-state index is 11.8. The number of nitrogens with zero attached hydrogens (tertiary/aromatic N) is 1. The van der Waals surface area contributed by atoms with Crippen LogP contribution in [0.2, 0.25) is 0 Å². The summed E-state index contributed by atoms with van der Waals surface area (Å²) in [6, 6.07) is 11.0. The van der Waals surface area contributed by atoms with E-state index in [0.29, 0.717) is 24.4 Å². The largest absolute Gasteiger partial charge is 0.359 e. The maximum Gasteiger partial charge on any atom is 0.315 e. The lowest BCUT2D eigenvalue weighted by molar-refractivity contribution is 0.237. The van der Waals surface area contributed by atoms with Gasteiger partial charge in [-0.05, 0) is 12.3 Å². The van der Waals surface area contributed by atoms with Gasteiger partial charge in [-0.2, -0.15) is 0 Å². The number of hydrogen-bond acceptors (Lipinski definition) is 5. The quantitative estimate of drug-likeness (QED) is 0.853. The van der Waals surface area contributed by atoms with Crippen molar-refractivity contribution in [3.63, 3.8) is 0 Å². The maximum atomic E-state index is 11.8. The van der Waals surface area contributed by atoms with Crippen LogP contribution in [0.1, 0.15) is 12.2 Å². The van der Waals surface area contributed by atoms with Crippen molar-refractivity contribution < 1.29 is 17.7 Å². The topological polar surface area (TPSA) is 101 Å². The first-order chi connectivity index (χ1) is 11.5.